The van der Waals surface area contributed by atoms with Crippen molar-refractivity contribution in [2.24, 2.45) is 5.41 Å². The van der Waals surface area contributed by atoms with Crippen LogP contribution in [-0.2, 0) is 104 Å². The van der Waals surface area contributed by atoms with Crippen molar-refractivity contribution >= 4 is 72.5 Å². The highest BCUT2D eigenvalue weighted by Gasteiger charge is 2.48. The summed E-state index contributed by atoms with van der Waals surface area (Å²) < 4.78 is 69.0. The minimum absolute atomic E-state index is 0.0690. The van der Waals surface area contributed by atoms with Gasteiger partial charge in [0.15, 0.2) is 26.5 Å². The van der Waals surface area contributed by atoms with E-state index in [0.717, 1.165) is 38.5 Å². The third-order valence-corrected chi connectivity index (χ3v) is 21.5. The highest BCUT2D eigenvalue weighted by atomic mass is 31.2. The van der Waals surface area contributed by atoms with E-state index in [1.165, 1.54) is 25.7 Å². The molecule has 716 valence electrons. The van der Waals surface area contributed by atoms with E-state index in [4.69, 9.17) is 47.2 Å². The number of carbonyl (C=O) groups is 11. The molecule has 0 bridgehead atoms. The summed E-state index contributed by atoms with van der Waals surface area (Å²) in [6.07, 6.45) is -6.32. The third-order valence-electron chi connectivity index (χ3n) is 21.0. The molecule has 44 heteroatoms. The van der Waals surface area contributed by atoms with Crippen LogP contribution >= 0.6 is 7.60 Å². The Bertz CT molecular complexity index is 2950. The van der Waals surface area contributed by atoms with E-state index in [1.807, 2.05) is 0 Å². The first-order valence-electron chi connectivity index (χ1n) is 43.4. The number of hydrogen-bond donors (Lipinski definition) is 20. The lowest BCUT2D eigenvalue weighted by Gasteiger charge is -2.42. The number of amides is 10. The lowest BCUT2D eigenvalue weighted by molar-refractivity contribution is -0.270. The highest BCUT2D eigenvalue weighted by molar-refractivity contribution is 7.54. The Balaban J connectivity index is 1.31. The molecule has 0 aromatic carbocycles. The van der Waals surface area contributed by atoms with Crippen molar-refractivity contribution in [3.05, 3.63) is 6.66 Å². The van der Waals surface area contributed by atoms with E-state index < -0.39 is 155 Å². The fraction of sp³-hybridized carbons (Fsp3) is 0.850. The first-order chi connectivity index (χ1) is 59.2. The van der Waals surface area contributed by atoms with Crippen LogP contribution in [0, 0.1) is 12.1 Å². The quantitative estimate of drug-likeness (QED) is 0.0158. The molecule has 0 radical (unpaired) electrons. The van der Waals surface area contributed by atoms with Crippen molar-refractivity contribution in [1.82, 2.24) is 52.8 Å². The van der Waals surface area contributed by atoms with Gasteiger partial charge in [-0.05, 0) is 77.0 Å². The normalized spacial score (nSPS) is 25.4. The van der Waals surface area contributed by atoms with Crippen LogP contribution in [0.2, 0.25) is 0 Å². The largest absolute Gasteiger partial charge is 0.394 e. The molecule has 0 spiro atoms. The van der Waals surface area contributed by atoms with E-state index in [0.29, 0.717) is 70.6 Å². The predicted molar refractivity (Wildman–Crippen MR) is 439 cm³/mol. The number of ketones is 1. The molecular weight excluding hydrogens is 1660 g/mol. The maximum Gasteiger partial charge on any atom is 0.222 e. The Morgan fingerprint density at radius 3 is 1.01 bits per heavy atom. The molecule has 0 saturated carbocycles. The Morgan fingerprint density at radius 1 is 0.403 bits per heavy atom. The average Bonchev–Trinajstić information content (AvgIpc) is 0.867. The number of likely N-dealkylation sites (tertiary alicyclic amines) is 1. The lowest BCUT2D eigenvalue weighted by Crippen LogP contribution is -2.64. The Morgan fingerprint density at radius 2 is 0.702 bits per heavy atom. The zero-order valence-electron chi connectivity index (χ0n) is 72.1. The molecule has 4 heterocycles. The molecule has 10 amide bonds. The van der Waals surface area contributed by atoms with Crippen molar-refractivity contribution in [3.63, 3.8) is 0 Å². The van der Waals surface area contributed by atoms with Gasteiger partial charge in [0.2, 0.25) is 59.1 Å². The summed E-state index contributed by atoms with van der Waals surface area (Å²) in [6.45, 7) is 5.56. The van der Waals surface area contributed by atoms with Gasteiger partial charge in [0, 0.05) is 150 Å². The first-order valence-corrected chi connectivity index (χ1v) is 45.1. The number of nitrogens with one attached hydrogen (secondary N) is 9. The standard InChI is InChI=1S/C80H142N10O33P/c1-52(94)87-68-74(109)71(106)58(45-91)121-77(68)117-36-16-13-23-61(99)81-30-19-33-84-64(102)27-39-114-49-80(43-56(97)22-11-9-7-5-6-8-10-12-26-67(105)90-44-57(98)42-55(90)48-120-124(4,112)113,50-115-40-28-65(103)85-34-20-31-82-62(100)24-14-17-37-118-78-69(88-53(2)95)75(110)72(107)59(46-92)122-78)51-116-41-29-66(104)86-35-21-32-83-63(101)25-15-18-38-119-79-70(89-54(3)96)76(111)73(108)60(47-93)123-79/h55,57-60,68-79,91-93,98,106-111H,4-51H2,1-3H3,(H,81,99)(H,82,100)(H,83,101)(H,84,102)(H,85,103)(H,86,104)(H,87,94)(H,88,95)(H,89,96)(H,112,113)/q-1/t55-,57+,58?,59?,60?,68?,69?,70?,71?,72?,73?,74?,75?,76?,77?,78?,79?,80?/m0/s1. The number of ether oxygens (including phenoxy) is 9. The number of hydrogen-bond acceptors (Lipinski definition) is 32. The van der Waals surface area contributed by atoms with Gasteiger partial charge in [-0.1, -0.05) is 38.5 Å². The van der Waals surface area contributed by atoms with E-state index in [2.05, 4.69) is 54.5 Å². The van der Waals surface area contributed by atoms with Crippen LogP contribution < -0.4 is 47.9 Å². The number of unbranched alkanes of at least 4 members (excludes halogenated alkanes) is 10. The maximum absolute atomic E-state index is 14.2. The summed E-state index contributed by atoms with van der Waals surface area (Å²) in [7, 11) is -4.02. The van der Waals surface area contributed by atoms with Gasteiger partial charge in [-0.3, -0.25) is 57.3 Å². The topological polar surface area (TPSA) is 631 Å². The van der Waals surface area contributed by atoms with E-state index in [-0.39, 0.29) is 223 Å². The Kier molecular flexibility index (Phi) is 55.1. The summed E-state index contributed by atoms with van der Waals surface area (Å²) in [5, 5.41) is 126. The molecule has 16 unspecified atom stereocenters. The van der Waals surface area contributed by atoms with E-state index in [9.17, 15) is 113 Å². The first kappa shape index (κ1) is 110. The van der Waals surface area contributed by atoms with E-state index >= 15 is 0 Å². The van der Waals surface area contributed by atoms with Gasteiger partial charge >= 0.3 is 0 Å². The second kappa shape index (κ2) is 62.1. The minimum Gasteiger partial charge on any atom is -0.394 e. The van der Waals surface area contributed by atoms with Gasteiger partial charge in [0.25, 0.3) is 0 Å². The van der Waals surface area contributed by atoms with Crippen LogP contribution in [0.15, 0.2) is 0 Å². The van der Waals surface area contributed by atoms with Crippen molar-refractivity contribution in [3.8, 4) is 0 Å². The van der Waals surface area contributed by atoms with Gasteiger partial charge < -0.3 is 156 Å². The highest BCUT2D eigenvalue weighted by Crippen LogP contribution is 2.40. The van der Waals surface area contributed by atoms with Crippen LogP contribution in [0.1, 0.15) is 194 Å². The molecule has 4 saturated heterocycles. The molecule has 0 aromatic heterocycles. The van der Waals surface area contributed by atoms with Crippen LogP contribution in [0.25, 0.3) is 0 Å². The van der Waals surface area contributed by atoms with Crippen LogP contribution in [0.4, 0.5) is 0 Å². The Hall–Kier alpha value is -6.24. The summed E-state index contributed by atoms with van der Waals surface area (Å²) >= 11 is 0. The SMILES string of the molecule is [CH2-]P(=O)(O)OC[C@@H]1C[C@@H](O)CN1C(=O)CCCCCCCCCCC(=O)CC(COCCC(=O)NCCCNC(=O)CCCCOC1OC(CO)C(O)C(O)C1NC(C)=O)(COCCC(=O)NCCCNC(=O)CCCCOC1OC(CO)C(O)C(O)C1NC(C)=O)COCCC(=O)NCCCNC(=O)CCCCOC1OC(CO)C(O)C(O)C1NC(C)=O. The number of aliphatic hydroxyl groups excluding tert-OH is 10. The fourth-order valence-electron chi connectivity index (χ4n) is 14.3. The van der Waals surface area contributed by atoms with Crippen molar-refractivity contribution in [2.45, 2.75) is 298 Å². The molecule has 4 rings (SSSR count). The summed E-state index contributed by atoms with van der Waals surface area (Å²) in [4.78, 5) is 151. The van der Waals surface area contributed by atoms with Crippen molar-refractivity contribution in [1.29, 1.82) is 0 Å². The Labute approximate surface area is 724 Å². The molecule has 4 fully saturated rings. The zero-order chi connectivity index (χ0) is 91.4. The van der Waals surface area contributed by atoms with Crippen molar-refractivity contribution in [2.75, 3.05) is 132 Å². The third kappa shape index (κ3) is 45.1. The molecule has 124 heavy (non-hydrogen) atoms. The summed E-state index contributed by atoms with van der Waals surface area (Å²) in [5.41, 5.74) is -1.21. The van der Waals surface area contributed by atoms with Gasteiger partial charge in [-0.2, -0.15) is 0 Å². The number of rotatable bonds is 67. The molecule has 0 aromatic rings. The number of aliphatic hydroxyl groups is 10. The van der Waals surface area contributed by atoms with E-state index in [1.54, 1.807) is 0 Å². The van der Waals surface area contributed by atoms with Crippen LogP contribution in [-0.4, -0.2) is 361 Å². The van der Waals surface area contributed by atoms with Crippen molar-refractivity contribution < 1.29 is 160 Å². The van der Waals surface area contributed by atoms with Gasteiger partial charge in [-0.25, -0.2) is 6.66 Å². The monoisotopic (exact) mass is 1800 g/mol. The smallest absolute Gasteiger partial charge is 0.222 e. The zero-order valence-corrected chi connectivity index (χ0v) is 72.9. The van der Waals surface area contributed by atoms with Gasteiger partial charge in [-0.15, -0.1) is 0 Å². The molecular formula is C80H142N10O33P-. The number of nitrogens with zero attached hydrogens (tertiary/aromatic N) is 1. The lowest BCUT2D eigenvalue weighted by atomic mass is 9.84. The second-order valence-corrected chi connectivity index (χ2v) is 33.5. The molecule has 4 aliphatic rings. The van der Waals surface area contributed by atoms with Gasteiger partial charge in [0.05, 0.1) is 78.2 Å². The molecule has 43 nitrogen and oxygen atoms in total. The number of Topliss-reactive ketones (excluding diaryl/α,β-unsaturated/α-hetero) is 1. The second-order valence-electron chi connectivity index (χ2n) is 31.9. The summed E-state index contributed by atoms with van der Waals surface area (Å²) in [6, 6.07) is -3.84. The molecule has 0 aliphatic carbocycles. The number of carbonyl (C=O) groups excluding carboxylic acids is 11. The predicted octanol–water partition coefficient (Wildman–Crippen LogP) is -3.73. The van der Waals surface area contributed by atoms with Crippen LogP contribution in [0.3, 0.4) is 0 Å². The fourth-order valence-corrected chi connectivity index (χ4v) is 14.7. The summed E-state index contributed by atoms with van der Waals surface area (Å²) in [5.74, 6) is -3.71. The number of β-amino-alcohol motifs (C(OH)–C–C–N with tert-alkyl or cyclic N) is 1. The average molecular weight is 1800 g/mol. The maximum atomic E-state index is 14.2. The minimum atomic E-state index is -4.02. The molecule has 18 atom stereocenters. The molecule has 20 N–H and O–H groups in total. The van der Waals surface area contributed by atoms with Gasteiger partial charge in [0.1, 0.15) is 78.8 Å². The van der Waals surface area contributed by atoms with Crippen LogP contribution in [0.5, 0.6) is 0 Å². The molecule has 4 aliphatic heterocycles.